The van der Waals surface area contributed by atoms with Gasteiger partial charge in [0, 0.05) is 39.2 Å². The minimum atomic E-state index is -0.128. The van der Waals surface area contributed by atoms with E-state index in [1.807, 2.05) is 25.2 Å². The molecule has 7 heteroatoms. The molecule has 0 amide bonds. The van der Waals surface area contributed by atoms with Gasteiger partial charge in [-0.1, -0.05) is 31.0 Å². The van der Waals surface area contributed by atoms with Gasteiger partial charge in [0.2, 0.25) is 0 Å². The van der Waals surface area contributed by atoms with E-state index in [1.54, 1.807) is 14.2 Å². The molecular formula is C19H32IN3O3. The van der Waals surface area contributed by atoms with Gasteiger partial charge in [-0.25, -0.2) is 0 Å². The van der Waals surface area contributed by atoms with Crippen molar-refractivity contribution in [2.45, 2.75) is 38.6 Å². The van der Waals surface area contributed by atoms with Crippen LogP contribution in [0.25, 0.3) is 0 Å². The molecule has 0 spiro atoms. The van der Waals surface area contributed by atoms with Crippen molar-refractivity contribution in [1.29, 1.82) is 0 Å². The van der Waals surface area contributed by atoms with Gasteiger partial charge in [0.25, 0.3) is 0 Å². The maximum absolute atomic E-state index is 11.0. The second-order valence-electron chi connectivity index (χ2n) is 5.88. The molecule has 0 aromatic heterocycles. The van der Waals surface area contributed by atoms with Crippen LogP contribution in [-0.2, 0) is 16.1 Å². The van der Waals surface area contributed by atoms with Crippen LogP contribution in [0.15, 0.2) is 29.3 Å². The maximum atomic E-state index is 11.0. The molecule has 0 saturated heterocycles. The number of aliphatic imine (C=N–C) groups is 1. The number of guanidine groups is 1. The first-order chi connectivity index (χ1) is 12.1. The van der Waals surface area contributed by atoms with Crippen molar-refractivity contribution in [3.05, 3.63) is 29.8 Å². The number of hydrogen-bond donors (Lipinski definition) is 1. The molecule has 0 aliphatic rings. The van der Waals surface area contributed by atoms with Crippen LogP contribution in [0.2, 0.25) is 0 Å². The lowest BCUT2D eigenvalue weighted by atomic mass is 10.1. The van der Waals surface area contributed by atoms with Gasteiger partial charge in [-0.15, -0.1) is 24.0 Å². The first kappa shape index (κ1) is 24.5. The van der Waals surface area contributed by atoms with Crippen molar-refractivity contribution < 1.29 is 14.3 Å². The summed E-state index contributed by atoms with van der Waals surface area (Å²) >= 11 is 0. The van der Waals surface area contributed by atoms with E-state index in [0.717, 1.165) is 56.0 Å². The molecule has 1 N–H and O–H groups in total. The second kappa shape index (κ2) is 14.6. The summed E-state index contributed by atoms with van der Waals surface area (Å²) in [6, 6.07) is 8.00. The van der Waals surface area contributed by atoms with Crippen molar-refractivity contribution in [3.8, 4) is 5.75 Å². The Morgan fingerprint density at radius 2 is 1.85 bits per heavy atom. The van der Waals surface area contributed by atoms with E-state index in [-0.39, 0.29) is 29.9 Å². The Bertz CT molecular complexity index is 553. The average Bonchev–Trinajstić information content (AvgIpc) is 2.64. The number of methoxy groups -OCH3 is 2. The number of esters is 1. The number of carbonyl (C=O) groups is 1. The summed E-state index contributed by atoms with van der Waals surface area (Å²) in [6.07, 6.45) is 4.55. The van der Waals surface area contributed by atoms with E-state index >= 15 is 0 Å². The highest BCUT2D eigenvalue weighted by Gasteiger charge is 2.09. The smallest absolute Gasteiger partial charge is 0.305 e. The number of hydrogen-bond acceptors (Lipinski definition) is 4. The molecule has 1 rings (SSSR count). The van der Waals surface area contributed by atoms with Crippen LogP contribution in [0.1, 0.15) is 37.7 Å². The lowest BCUT2D eigenvalue weighted by molar-refractivity contribution is -0.140. The van der Waals surface area contributed by atoms with Gasteiger partial charge in [-0.2, -0.15) is 0 Å². The fourth-order valence-electron chi connectivity index (χ4n) is 2.60. The molecule has 0 fully saturated rings. The molecule has 0 bridgehead atoms. The summed E-state index contributed by atoms with van der Waals surface area (Å²) < 4.78 is 10.0. The van der Waals surface area contributed by atoms with Gasteiger partial charge in [0.1, 0.15) is 5.75 Å². The third-order valence-electron chi connectivity index (χ3n) is 3.99. The first-order valence-corrected chi connectivity index (χ1v) is 8.72. The molecule has 0 aliphatic carbocycles. The molecule has 0 atom stereocenters. The van der Waals surface area contributed by atoms with Crippen LogP contribution in [0.4, 0.5) is 0 Å². The maximum Gasteiger partial charge on any atom is 0.305 e. The van der Waals surface area contributed by atoms with E-state index in [4.69, 9.17) is 4.74 Å². The fraction of sp³-hybridized carbons (Fsp3) is 0.579. The normalized spacial score (nSPS) is 10.7. The molecule has 26 heavy (non-hydrogen) atoms. The van der Waals surface area contributed by atoms with Crippen LogP contribution in [0.3, 0.4) is 0 Å². The zero-order valence-corrected chi connectivity index (χ0v) is 18.6. The van der Waals surface area contributed by atoms with Crippen molar-refractivity contribution in [1.82, 2.24) is 10.2 Å². The van der Waals surface area contributed by atoms with Crippen LogP contribution < -0.4 is 10.1 Å². The number of para-hydroxylation sites is 1. The molecule has 0 unspecified atom stereocenters. The third-order valence-corrected chi connectivity index (χ3v) is 3.99. The molecule has 0 aliphatic heterocycles. The quantitative estimate of drug-likeness (QED) is 0.184. The lowest BCUT2D eigenvalue weighted by Crippen LogP contribution is -2.38. The molecule has 148 valence electrons. The Labute approximate surface area is 174 Å². The van der Waals surface area contributed by atoms with E-state index in [2.05, 4.69) is 26.0 Å². The molecule has 0 radical (unpaired) electrons. The lowest BCUT2D eigenvalue weighted by Gasteiger charge is -2.23. The topological polar surface area (TPSA) is 63.2 Å². The number of rotatable bonds is 10. The number of halogens is 1. The highest BCUT2D eigenvalue weighted by atomic mass is 127. The predicted octanol–water partition coefficient (Wildman–Crippen LogP) is 3.44. The molecule has 1 aromatic rings. The summed E-state index contributed by atoms with van der Waals surface area (Å²) in [5, 5.41) is 3.38. The number of nitrogens with one attached hydrogen (secondary N) is 1. The molecule has 6 nitrogen and oxygen atoms in total. The molecule has 0 heterocycles. The standard InChI is InChI=1S/C19H31N3O3.HI/c1-20-19(21-14-10-6-5-7-13-18(23)25-4)22(2)15-16-11-8-9-12-17(16)24-3;/h8-9,11-12H,5-7,10,13-15H2,1-4H3,(H,20,21);1H. The Morgan fingerprint density at radius 3 is 2.50 bits per heavy atom. The van der Waals surface area contributed by atoms with E-state index in [9.17, 15) is 4.79 Å². The highest BCUT2D eigenvalue weighted by Crippen LogP contribution is 2.18. The van der Waals surface area contributed by atoms with Crippen LogP contribution in [0, 0.1) is 0 Å². The first-order valence-electron chi connectivity index (χ1n) is 8.72. The zero-order valence-electron chi connectivity index (χ0n) is 16.3. The molecular weight excluding hydrogens is 445 g/mol. The van der Waals surface area contributed by atoms with Crippen molar-refractivity contribution >= 4 is 35.9 Å². The van der Waals surface area contributed by atoms with Gasteiger partial charge in [-0.05, 0) is 18.9 Å². The summed E-state index contributed by atoms with van der Waals surface area (Å²) in [4.78, 5) is 17.5. The molecule has 1 aromatic carbocycles. The number of carbonyl (C=O) groups excluding carboxylic acids is 1. The van der Waals surface area contributed by atoms with Gasteiger partial charge in [0.05, 0.1) is 14.2 Å². The van der Waals surface area contributed by atoms with Gasteiger partial charge in [-0.3, -0.25) is 9.79 Å². The summed E-state index contributed by atoms with van der Waals surface area (Å²) in [5.74, 6) is 1.62. The predicted molar refractivity (Wildman–Crippen MR) is 116 cm³/mol. The molecule has 0 saturated carbocycles. The largest absolute Gasteiger partial charge is 0.496 e. The second-order valence-corrected chi connectivity index (χ2v) is 5.88. The summed E-state index contributed by atoms with van der Waals surface area (Å²) in [5.41, 5.74) is 1.12. The van der Waals surface area contributed by atoms with Gasteiger partial charge in [0.15, 0.2) is 5.96 Å². The van der Waals surface area contributed by atoms with Crippen LogP contribution in [-0.4, -0.2) is 51.7 Å². The van der Waals surface area contributed by atoms with Crippen molar-refractivity contribution in [3.63, 3.8) is 0 Å². The van der Waals surface area contributed by atoms with E-state index in [0.29, 0.717) is 6.42 Å². The Kier molecular flexibility index (Phi) is 13.8. The average molecular weight is 477 g/mol. The Morgan fingerprint density at radius 1 is 1.15 bits per heavy atom. The zero-order chi connectivity index (χ0) is 18.5. The van der Waals surface area contributed by atoms with Gasteiger partial charge >= 0.3 is 5.97 Å². The monoisotopic (exact) mass is 477 g/mol. The minimum absolute atomic E-state index is 0. The number of unbranched alkanes of at least 4 members (excludes halogenated alkanes) is 3. The Balaban J connectivity index is 0.00000625. The van der Waals surface area contributed by atoms with Gasteiger partial charge < -0.3 is 19.7 Å². The number of nitrogens with zero attached hydrogens (tertiary/aromatic N) is 2. The SMILES string of the molecule is CN=C(NCCCCCCC(=O)OC)N(C)Cc1ccccc1OC.I. The fourth-order valence-corrected chi connectivity index (χ4v) is 2.60. The third kappa shape index (κ3) is 9.26. The van der Waals surface area contributed by atoms with E-state index in [1.165, 1.54) is 7.11 Å². The van der Waals surface area contributed by atoms with E-state index < -0.39 is 0 Å². The highest BCUT2D eigenvalue weighted by molar-refractivity contribution is 14.0. The van der Waals surface area contributed by atoms with Crippen molar-refractivity contribution in [2.24, 2.45) is 4.99 Å². The minimum Gasteiger partial charge on any atom is -0.496 e. The number of ether oxygens (including phenoxy) is 2. The summed E-state index contributed by atoms with van der Waals surface area (Å²) in [6.45, 7) is 1.59. The Hall–Kier alpha value is -1.51. The summed E-state index contributed by atoms with van der Waals surface area (Å²) in [7, 11) is 6.92. The van der Waals surface area contributed by atoms with Crippen molar-refractivity contribution in [2.75, 3.05) is 34.9 Å². The van der Waals surface area contributed by atoms with Crippen LogP contribution in [0.5, 0.6) is 5.75 Å². The number of benzene rings is 1. The van der Waals surface area contributed by atoms with Crippen LogP contribution >= 0.6 is 24.0 Å².